The first-order chi connectivity index (χ1) is 14.1. The van der Waals surface area contributed by atoms with Gasteiger partial charge in [0.25, 0.3) is 0 Å². The molecule has 2 heterocycles. The zero-order valence-electron chi connectivity index (χ0n) is 17.0. The number of fused-ring (bicyclic) bond motifs is 1. The molecule has 152 valence electrons. The van der Waals surface area contributed by atoms with Crippen molar-refractivity contribution >= 4 is 32.6 Å². The number of carbonyl (C=O) groups excluding carboxylic acids is 1. The molecular formula is C23H27N3O2S. The Morgan fingerprint density at radius 3 is 2.83 bits per heavy atom. The number of hydrogen-bond acceptors (Lipinski definition) is 5. The summed E-state index contributed by atoms with van der Waals surface area (Å²) in [5, 5.41) is 4.18. The lowest BCUT2D eigenvalue weighted by Crippen LogP contribution is -2.41. The summed E-state index contributed by atoms with van der Waals surface area (Å²) in [6, 6.07) is 14.3. The first-order valence-electron chi connectivity index (χ1n) is 10.2. The second-order valence-corrected chi connectivity index (χ2v) is 8.59. The number of aromatic nitrogens is 1. The molecule has 1 amide bonds. The molecule has 4 rings (SSSR count). The van der Waals surface area contributed by atoms with Gasteiger partial charge in [-0.05, 0) is 55.5 Å². The smallest absolute Gasteiger partial charge is 0.223 e. The molecule has 1 fully saturated rings. The summed E-state index contributed by atoms with van der Waals surface area (Å²) in [6.07, 6.45) is 2.52. The van der Waals surface area contributed by atoms with E-state index in [1.165, 1.54) is 10.3 Å². The summed E-state index contributed by atoms with van der Waals surface area (Å²) in [7, 11) is 1.68. The number of piperidine rings is 1. The molecule has 5 nitrogen and oxygen atoms in total. The predicted molar refractivity (Wildman–Crippen MR) is 119 cm³/mol. The highest BCUT2D eigenvalue weighted by Crippen LogP contribution is 2.32. The van der Waals surface area contributed by atoms with Crippen molar-refractivity contribution in [1.29, 1.82) is 0 Å². The maximum atomic E-state index is 12.6. The zero-order valence-corrected chi connectivity index (χ0v) is 17.8. The van der Waals surface area contributed by atoms with E-state index in [0.29, 0.717) is 6.54 Å². The molecule has 1 aromatic heterocycles. The lowest BCUT2D eigenvalue weighted by atomic mass is 9.96. The lowest BCUT2D eigenvalue weighted by Gasteiger charge is -2.31. The Labute approximate surface area is 175 Å². The van der Waals surface area contributed by atoms with E-state index in [9.17, 15) is 4.79 Å². The van der Waals surface area contributed by atoms with Crippen LogP contribution in [0.25, 0.3) is 10.2 Å². The third kappa shape index (κ3) is 4.53. The van der Waals surface area contributed by atoms with Crippen molar-refractivity contribution in [3.63, 3.8) is 0 Å². The van der Waals surface area contributed by atoms with Crippen molar-refractivity contribution in [1.82, 2.24) is 10.3 Å². The van der Waals surface area contributed by atoms with Crippen LogP contribution in [0.15, 0.2) is 42.5 Å². The number of ether oxygens (including phenoxy) is 1. The van der Waals surface area contributed by atoms with E-state index in [1.807, 2.05) is 24.3 Å². The van der Waals surface area contributed by atoms with Gasteiger partial charge >= 0.3 is 0 Å². The fourth-order valence-corrected chi connectivity index (χ4v) is 4.98. The molecule has 0 bridgehead atoms. The molecule has 1 aliphatic heterocycles. The Morgan fingerprint density at radius 2 is 2.03 bits per heavy atom. The van der Waals surface area contributed by atoms with E-state index in [2.05, 4.69) is 35.3 Å². The molecule has 3 aromatic rings. The van der Waals surface area contributed by atoms with Crippen LogP contribution in [0.3, 0.4) is 0 Å². The monoisotopic (exact) mass is 409 g/mol. The molecule has 0 aliphatic carbocycles. The third-order valence-electron chi connectivity index (χ3n) is 5.56. The van der Waals surface area contributed by atoms with Crippen molar-refractivity contribution in [2.24, 2.45) is 5.92 Å². The molecule has 2 aromatic carbocycles. The number of rotatable bonds is 6. The fraction of sp³-hybridized carbons (Fsp3) is 0.391. The molecule has 0 saturated carbocycles. The van der Waals surface area contributed by atoms with Gasteiger partial charge < -0.3 is 15.0 Å². The van der Waals surface area contributed by atoms with Gasteiger partial charge in [-0.3, -0.25) is 4.79 Å². The molecule has 1 aliphatic rings. The molecule has 1 saturated heterocycles. The number of aryl methyl sites for hydroxylation is 1. The van der Waals surface area contributed by atoms with Crippen LogP contribution in [0.2, 0.25) is 0 Å². The minimum atomic E-state index is 0.0838. The van der Waals surface area contributed by atoms with Crippen molar-refractivity contribution in [2.75, 3.05) is 31.6 Å². The first-order valence-corrected chi connectivity index (χ1v) is 11.0. The van der Waals surface area contributed by atoms with Gasteiger partial charge in [0.1, 0.15) is 5.75 Å². The number of para-hydroxylation sites is 1. The van der Waals surface area contributed by atoms with Gasteiger partial charge in [-0.15, -0.1) is 0 Å². The summed E-state index contributed by atoms with van der Waals surface area (Å²) in [4.78, 5) is 19.7. The maximum absolute atomic E-state index is 12.6. The zero-order chi connectivity index (χ0) is 20.2. The second-order valence-electron chi connectivity index (χ2n) is 7.58. The van der Waals surface area contributed by atoms with E-state index in [1.54, 1.807) is 18.4 Å². The first kappa shape index (κ1) is 19.7. The van der Waals surface area contributed by atoms with Crippen molar-refractivity contribution in [3.8, 4) is 5.75 Å². The van der Waals surface area contributed by atoms with Crippen molar-refractivity contribution in [2.45, 2.75) is 26.2 Å². The largest absolute Gasteiger partial charge is 0.496 e. The number of methoxy groups -OCH3 is 1. The number of benzene rings is 2. The third-order valence-corrected chi connectivity index (χ3v) is 6.63. The number of carbonyl (C=O) groups is 1. The normalized spacial score (nSPS) is 14.9. The van der Waals surface area contributed by atoms with Gasteiger partial charge in [-0.1, -0.05) is 35.6 Å². The summed E-state index contributed by atoms with van der Waals surface area (Å²) >= 11 is 1.74. The van der Waals surface area contributed by atoms with Crippen LogP contribution in [-0.4, -0.2) is 37.6 Å². The molecular weight excluding hydrogens is 382 g/mol. The summed E-state index contributed by atoms with van der Waals surface area (Å²) in [5.74, 6) is 1.13. The fourth-order valence-electron chi connectivity index (χ4n) is 3.86. The average Bonchev–Trinajstić information content (AvgIpc) is 3.17. The quantitative estimate of drug-likeness (QED) is 0.663. The van der Waals surface area contributed by atoms with E-state index in [0.717, 1.165) is 54.3 Å². The Hall–Kier alpha value is -2.60. The van der Waals surface area contributed by atoms with Crippen LogP contribution >= 0.6 is 11.3 Å². The Bertz CT molecular complexity index is 993. The Balaban J connectivity index is 1.28. The van der Waals surface area contributed by atoms with Gasteiger partial charge in [0, 0.05) is 25.6 Å². The molecule has 0 atom stereocenters. The average molecular weight is 410 g/mol. The summed E-state index contributed by atoms with van der Waals surface area (Å²) in [5.41, 5.74) is 3.44. The molecule has 0 spiro atoms. The highest BCUT2D eigenvalue weighted by atomic mass is 32.1. The maximum Gasteiger partial charge on any atom is 0.223 e. The number of amides is 1. The van der Waals surface area contributed by atoms with Crippen LogP contribution in [0.4, 0.5) is 5.13 Å². The molecule has 0 radical (unpaired) electrons. The van der Waals surface area contributed by atoms with Gasteiger partial charge in [0.15, 0.2) is 5.13 Å². The minimum absolute atomic E-state index is 0.0838. The number of nitrogens with one attached hydrogen (secondary N) is 1. The number of nitrogens with zero attached hydrogens (tertiary/aromatic N) is 2. The van der Waals surface area contributed by atoms with Crippen LogP contribution in [0.5, 0.6) is 5.75 Å². The Morgan fingerprint density at radius 1 is 1.24 bits per heavy atom. The van der Waals surface area contributed by atoms with Crippen LogP contribution in [0.1, 0.15) is 24.0 Å². The number of thiazole rings is 1. The van der Waals surface area contributed by atoms with E-state index < -0.39 is 0 Å². The standard InChI is InChI=1S/C23H27N3O2S/c1-16-7-8-19-21(15-16)29-23(25-19)26-13-10-18(11-14-26)22(27)24-12-9-17-5-3-4-6-20(17)28-2/h3-8,15,18H,9-14H2,1-2H3,(H,24,27). The lowest BCUT2D eigenvalue weighted by molar-refractivity contribution is -0.125. The SMILES string of the molecule is COc1ccccc1CCNC(=O)C1CCN(c2nc3ccc(C)cc3s2)CC1. The second kappa shape index (κ2) is 8.82. The van der Waals surface area contributed by atoms with Crippen molar-refractivity contribution in [3.05, 3.63) is 53.6 Å². The highest BCUT2D eigenvalue weighted by molar-refractivity contribution is 7.22. The predicted octanol–water partition coefficient (Wildman–Crippen LogP) is 4.19. The van der Waals surface area contributed by atoms with E-state index >= 15 is 0 Å². The highest BCUT2D eigenvalue weighted by Gasteiger charge is 2.26. The van der Waals surface area contributed by atoms with Gasteiger partial charge in [0.2, 0.25) is 5.91 Å². The molecule has 1 N–H and O–H groups in total. The summed E-state index contributed by atoms with van der Waals surface area (Å²) in [6.45, 7) is 4.50. The topological polar surface area (TPSA) is 54.5 Å². The Kier molecular flexibility index (Phi) is 6.00. The van der Waals surface area contributed by atoms with Crippen molar-refractivity contribution < 1.29 is 9.53 Å². The van der Waals surface area contributed by atoms with Gasteiger partial charge in [-0.2, -0.15) is 0 Å². The number of hydrogen-bond donors (Lipinski definition) is 1. The summed E-state index contributed by atoms with van der Waals surface area (Å²) < 4.78 is 6.61. The molecule has 0 unspecified atom stereocenters. The minimum Gasteiger partial charge on any atom is -0.496 e. The van der Waals surface area contributed by atoms with Crippen LogP contribution in [0, 0.1) is 12.8 Å². The molecule has 6 heteroatoms. The van der Waals surface area contributed by atoms with Crippen LogP contribution in [-0.2, 0) is 11.2 Å². The van der Waals surface area contributed by atoms with Gasteiger partial charge in [0.05, 0.1) is 17.3 Å². The van der Waals surface area contributed by atoms with E-state index in [4.69, 9.17) is 9.72 Å². The number of anilines is 1. The van der Waals surface area contributed by atoms with Crippen LogP contribution < -0.4 is 15.0 Å². The molecule has 29 heavy (non-hydrogen) atoms. The van der Waals surface area contributed by atoms with Gasteiger partial charge in [-0.25, -0.2) is 4.98 Å². The van der Waals surface area contributed by atoms with E-state index in [-0.39, 0.29) is 11.8 Å².